The van der Waals surface area contributed by atoms with Crippen LogP contribution in [0.4, 0.5) is 5.69 Å². The van der Waals surface area contributed by atoms with Crippen molar-refractivity contribution in [2.24, 2.45) is 10.7 Å². The quantitative estimate of drug-likeness (QED) is 0.801. The van der Waals surface area contributed by atoms with Crippen LogP contribution in [0.1, 0.15) is 5.56 Å². The predicted octanol–water partition coefficient (Wildman–Crippen LogP) is 2.64. The number of anilines is 1. The first-order valence-electron chi connectivity index (χ1n) is 6.08. The van der Waals surface area contributed by atoms with E-state index in [0.29, 0.717) is 5.96 Å². The summed E-state index contributed by atoms with van der Waals surface area (Å²) in [6.07, 6.45) is 0.929. The lowest BCUT2D eigenvalue weighted by Gasteiger charge is -2.10. The van der Waals surface area contributed by atoms with E-state index in [4.69, 9.17) is 5.73 Å². The van der Waals surface area contributed by atoms with Crippen molar-refractivity contribution in [3.05, 3.63) is 54.1 Å². The molecule has 3 rings (SSSR count). The number of guanidine groups is 1. The smallest absolute Gasteiger partial charge is 0.193 e. The SMILES string of the molecule is NC1=NCCc2ccc(-c3ccccc3)cc2N1. The van der Waals surface area contributed by atoms with E-state index in [2.05, 4.69) is 40.6 Å². The zero-order chi connectivity index (χ0) is 12.4. The number of hydrogen-bond acceptors (Lipinski definition) is 3. The number of hydrogen-bond donors (Lipinski definition) is 2. The van der Waals surface area contributed by atoms with E-state index in [1.54, 1.807) is 0 Å². The molecule has 0 aliphatic carbocycles. The highest BCUT2D eigenvalue weighted by molar-refractivity contribution is 5.94. The van der Waals surface area contributed by atoms with E-state index >= 15 is 0 Å². The molecular formula is C15H15N3. The summed E-state index contributed by atoms with van der Waals surface area (Å²) in [5.41, 5.74) is 10.5. The maximum Gasteiger partial charge on any atom is 0.193 e. The Hall–Kier alpha value is -2.29. The van der Waals surface area contributed by atoms with Gasteiger partial charge in [0, 0.05) is 12.2 Å². The summed E-state index contributed by atoms with van der Waals surface area (Å²) < 4.78 is 0. The minimum Gasteiger partial charge on any atom is -0.370 e. The van der Waals surface area contributed by atoms with Crippen molar-refractivity contribution >= 4 is 11.6 Å². The minimum absolute atomic E-state index is 0.499. The largest absolute Gasteiger partial charge is 0.370 e. The van der Waals surface area contributed by atoms with Crippen LogP contribution in [0.25, 0.3) is 11.1 Å². The Morgan fingerprint density at radius 3 is 2.67 bits per heavy atom. The van der Waals surface area contributed by atoms with Gasteiger partial charge < -0.3 is 11.1 Å². The summed E-state index contributed by atoms with van der Waals surface area (Å²) in [4.78, 5) is 4.22. The van der Waals surface area contributed by atoms with Gasteiger partial charge >= 0.3 is 0 Å². The topological polar surface area (TPSA) is 50.4 Å². The first-order chi connectivity index (χ1) is 8.83. The number of nitrogens with zero attached hydrogens (tertiary/aromatic N) is 1. The third-order valence-corrected chi connectivity index (χ3v) is 3.14. The second-order valence-corrected chi connectivity index (χ2v) is 4.38. The fourth-order valence-corrected chi connectivity index (χ4v) is 2.20. The zero-order valence-electron chi connectivity index (χ0n) is 10.1. The van der Waals surface area contributed by atoms with Crippen molar-refractivity contribution in [1.82, 2.24) is 0 Å². The number of nitrogens with two attached hydrogens (primary N) is 1. The highest BCUT2D eigenvalue weighted by Gasteiger charge is 2.09. The minimum atomic E-state index is 0.499. The molecule has 3 nitrogen and oxygen atoms in total. The van der Waals surface area contributed by atoms with E-state index in [9.17, 15) is 0 Å². The molecule has 0 amide bonds. The van der Waals surface area contributed by atoms with Crippen molar-refractivity contribution in [2.75, 3.05) is 11.9 Å². The molecule has 1 aliphatic rings. The molecule has 0 fully saturated rings. The summed E-state index contributed by atoms with van der Waals surface area (Å²) >= 11 is 0. The summed E-state index contributed by atoms with van der Waals surface area (Å²) in [6, 6.07) is 16.8. The molecule has 0 unspecified atom stereocenters. The van der Waals surface area contributed by atoms with Crippen LogP contribution in [-0.4, -0.2) is 12.5 Å². The summed E-state index contributed by atoms with van der Waals surface area (Å²) in [5.74, 6) is 0.499. The molecule has 18 heavy (non-hydrogen) atoms. The second-order valence-electron chi connectivity index (χ2n) is 4.38. The third-order valence-electron chi connectivity index (χ3n) is 3.14. The van der Waals surface area contributed by atoms with Crippen LogP contribution in [0, 0.1) is 0 Å². The van der Waals surface area contributed by atoms with Gasteiger partial charge in [0.15, 0.2) is 5.96 Å². The van der Waals surface area contributed by atoms with Crippen molar-refractivity contribution < 1.29 is 0 Å². The summed E-state index contributed by atoms with van der Waals surface area (Å²) in [6.45, 7) is 0.747. The van der Waals surface area contributed by atoms with Gasteiger partial charge in [-0.15, -0.1) is 0 Å². The molecule has 2 aromatic rings. The van der Waals surface area contributed by atoms with Gasteiger partial charge in [-0.1, -0.05) is 42.5 Å². The van der Waals surface area contributed by atoms with Crippen LogP contribution in [-0.2, 0) is 6.42 Å². The van der Waals surface area contributed by atoms with Crippen LogP contribution in [0.3, 0.4) is 0 Å². The lowest BCUT2D eigenvalue weighted by Crippen LogP contribution is -2.21. The Kier molecular flexibility index (Phi) is 2.73. The van der Waals surface area contributed by atoms with Crippen LogP contribution in [0.5, 0.6) is 0 Å². The molecule has 0 saturated carbocycles. The lowest BCUT2D eigenvalue weighted by molar-refractivity contribution is 0.979. The Labute approximate surface area is 106 Å². The predicted molar refractivity (Wildman–Crippen MR) is 75.7 cm³/mol. The van der Waals surface area contributed by atoms with Crippen molar-refractivity contribution in [3.63, 3.8) is 0 Å². The van der Waals surface area contributed by atoms with Gasteiger partial charge in [-0.2, -0.15) is 0 Å². The van der Waals surface area contributed by atoms with Crippen molar-refractivity contribution in [2.45, 2.75) is 6.42 Å². The van der Waals surface area contributed by atoms with Gasteiger partial charge in [0.05, 0.1) is 0 Å². The molecule has 0 aromatic heterocycles. The van der Waals surface area contributed by atoms with Gasteiger partial charge in [-0.25, -0.2) is 0 Å². The van der Waals surface area contributed by atoms with Gasteiger partial charge in [0.2, 0.25) is 0 Å². The molecule has 1 heterocycles. The number of rotatable bonds is 1. The molecule has 1 aliphatic heterocycles. The fourth-order valence-electron chi connectivity index (χ4n) is 2.20. The molecule has 3 N–H and O–H groups in total. The Bertz CT molecular complexity index is 588. The van der Waals surface area contributed by atoms with E-state index in [0.717, 1.165) is 18.7 Å². The Morgan fingerprint density at radius 1 is 1.00 bits per heavy atom. The van der Waals surface area contributed by atoms with E-state index in [1.165, 1.54) is 16.7 Å². The maximum absolute atomic E-state index is 5.78. The third kappa shape index (κ3) is 2.07. The zero-order valence-corrected chi connectivity index (χ0v) is 10.1. The summed E-state index contributed by atoms with van der Waals surface area (Å²) in [5, 5.41) is 3.16. The van der Waals surface area contributed by atoms with Crippen molar-refractivity contribution in [1.29, 1.82) is 0 Å². The van der Waals surface area contributed by atoms with Crippen LogP contribution in [0.15, 0.2) is 53.5 Å². The highest BCUT2D eigenvalue weighted by Crippen LogP contribution is 2.26. The van der Waals surface area contributed by atoms with Crippen LogP contribution in [0.2, 0.25) is 0 Å². The first kappa shape index (κ1) is 10.8. The molecule has 0 bridgehead atoms. The number of benzene rings is 2. The molecule has 2 aromatic carbocycles. The second kappa shape index (κ2) is 4.53. The van der Waals surface area contributed by atoms with E-state index in [1.807, 2.05) is 18.2 Å². The molecule has 0 radical (unpaired) electrons. The van der Waals surface area contributed by atoms with Gasteiger partial charge in [-0.05, 0) is 29.2 Å². The van der Waals surface area contributed by atoms with Crippen LogP contribution < -0.4 is 11.1 Å². The Balaban J connectivity index is 2.03. The number of fused-ring (bicyclic) bond motifs is 1. The molecule has 90 valence electrons. The fraction of sp³-hybridized carbons (Fsp3) is 0.133. The van der Waals surface area contributed by atoms with Gasteiger partial charge in [-0.3, -0.25) is 4.99 Å². The number of aliphatic imine (C=N–C) groups is 1. The highest BCUT2D eigenvalue weighted by atomic mass is 15.1. The maximum atomic E-state index is 5.78. The standard InChI is InChI=1S/C15H15N3/c16-15-17-9-8-12-6-7-13(10-14(12)18-15)11-4-2-1-3-5-11/h1-7,10H,8-9H2,(H3,16,17,18). The molecule has 0 saturated heterocycles. The normalized spacial score (nSPS) is 14.1. The van der Waals surface area contributed by atoms with E-state index < -0.39 is 0 Å². The lowest BCUT2D eigenvalue weighted by atomic mass is 10.0. The molecule has 3 heteroatoms. The average Bonchev–Trinajstić information content (AvgIpc) is 2.59. The van der Waals surface area contributed by atoms with E-state index in [-0.39, 0.29) is 0 Å². The van der Waals surface area contributed by atoms with Crippen LogP contribution >= 0.6 is 0 Å². The number of nitrogens with one attached hydrogen (secondary N) is 1. The van der Waals surface area contributed by atoms with Gasteiger partial charge in [0.25, 0.3) is 0 Å². The average molecular weight is 237 g/mol. The van der Waals surface area contributed by atoms with Crippen molar-refractivity contribution in [3.8, 4) is 11.1 Å². The molecule has 0 spiro atoms. The monoisotopic (exact) mass is 237 g/mol. The summed E-state index contributed by atoms with van der Waals surface area (Å²) in [7, 11) is 0. The molecular weight excluding hydrogens is 222 g/mol. The first-order valence-corrected chi connectivity index (χ1v) is 6.08. The molecule has 0 atom stereocenters. The Morgan fingerprint density at radius 2 is 1.83 bits per heavy atom. The van der Waals surface area contributed by atoms with Gasteiger partial charge in [0.1, 0.15) is 0 Å².